The van der Waals surface area contributed by atoms with Gasteiger partial charge in [-0.15, -0.1) is 12.6 Å². The molecule has 0 aromatic heterocycles. The molecule has 0 aliphatic carbocycles. The van der Waals surface area contributed by atoms with Crippen LogP contribution in [0.3, 0.4) is 0 Å². The smallest absolute Gasteiger partial charge is 0.135 e. The molecule has 0 bridgehead atoms. The molecule has 5 heteroatoms. The van der Waals surface area contributed by atoms with Gasteiger partial charge in [-0.3, -0.25) is 0 Å². The van der Waals surface area contributed by atoms with Crippen LogP contribution in [-0.4, -0.2) is 11.4 Å². The molecule has 0 spiro atoms. The van der Waals surface area contributed by atoms with Crippen LogP contribution in [0.1, 0.15) is 0 Å². The van der Waals surface area contributed by atoms with Crippen molar-refractivity contribution < 1.29 is 4.74 Å². The first-order chi connectivity index (χ1) is 6.13. The Hall–Kier alpha value is -0.260. The van der Waals surface area contributed by atoms with Crippen LogP contribution in [0.25, 0.3) is 0 Å². The van der Waals surface area contributed by atoms with Crippen LogP contribution in [0.2, 0.25) is 0 Å². The molecule has 0 fully saturated rings. The zero-order valence-electron chi connectivity index (χ0n) is 6.87. The average molecular weight is 278 g/mol. The Kier molecular flexibility index (Phi) is 4.02. The Balaban J connectivity index is 2.91. The van der Waals surface area contributed by atoms with Gasteiger partial charge in [-0.05, 0) is 34.1 Å². The molecular weight excluding hydrogens is 270 g/mol. The summed E-state index contributed by atoms with van der Waals surface area (Å²) < 4.78 is 6.37. The molecule has 0 radical (unpaired) electrons. The monoisotopic (exact) mass is 277 g/mol. The van der Waals surface area contributed by atoms with E-state index in [1.54, 1.807) is 7.11 Å². The number of hydrogen-bond donors (Lipinski definition) is 2. The molecule has 1 rings (SSSR count). The highest BCUT2D eigenvalue weighted by Crippen LogP contribution is 2.27. The van der Waals surface area contributed by atoms with Crippen molar-refractivity contribution in [2.75, 3.05) is 12.4 Å². The van der Waals surface area contributed by atoms with Gasteiger partial charge in [0.05, 0.1) is 12.8 Å². The van der Waals surface area contributed by atoms with Crippen LogP contribution in [0.4, 0.5) is 5.69 Å². The van der Waals surface area contributed by atoms with Crippen LogP contribution < -0.4 is 10.1 Å². The summed E-state index contributed by atoms with van der Waals surface area (Å²) in [5, 5.41) is 2.92. The van der Waals surface area contributed by atoms with E-state index in [9.17, 15) is 0 Å². The third kappa shape index (κ3) is 3.17. The lowest BCUT2D eigenvalue weighted by Crippen LogP contribution is -2.01. The first-order valence-electron chi connectivity index (χ1n) is 3.47. The van der Waals surface area contributed by atoms with Gasteiger partial charge in [0.25, 0.3) is 0 Å². The molecule has 2 nitrogen and oxygen atoms in total. The van der Waals surface area contributed by atoms with Gasteiger partial charge in [-0.2, -0.15) is 0 Å². The summed E-state index contributed by atoms with van der Waals surface area (Å²) in [5.74, 6) is 0.794. The predicted octanol–water partition coefficient (Wildman–Crippen LogP) is 3.08. The lowest BCUT2D eigenvalue weighted by Gasteiger charge is -2.07. The van der Waals surface area contributed by atoms with Crippen LogP contribution >= 0.6 is 40.8 Å². The third-order valence-electron chi connectivity index (χ3n) is 1.42. The van der Waals surface area contributed by atoms with Gasteiger partial charge in [-0.1, -0.05) is 12.2 Å². The van der Waals surface area contributed by atoms with Crippen molar-refractivity contribution in [1.29, 1.82) is 0 Å². The Bertz CT molecular complexity index is 330. The van der Waals surface area contributed by atoms with E-state index in [-0.39, 0.29) is 0 Å². The van der Waals surface area contributed by atoms with Crippen molar-refractivity contribution in [3.63, 3.8) is 0 Å². The maximum absolute atomic E-state index is 5.05. The Morgan fingerprint density at radius 1 is 1.62 bits per heavy atom. The number of nitrogens with one attached hydrogen (secondary N) is 1. The molecule has 0 saturated carbocycles. The topological polar surface area (TPSA) is 21.3 Å². The molecular formula is C8H8BrNOS2. The van der Waals surface area contributed by atoms with Crippen molar-refractivity contribution in [3.8, 4) is 5.75 Å². The molecule has 0 atom stereocenters. The lowest BCUT2D eigenvalue weighted by molar-refractivity contribution is 0.414. The van der Waals surface area contributed by atoms with Crippen molar-refractivity contribution in [1.82, 2.24) is 0 Å². The van der Waals surface area contributed by atoms with Crippen LogP contribution in [-0.2, 0) is 0 Å². The van der Waals surface area contributed by atoms with Gasteiger partial charge in [0.2, 0.25) is 0 Å². The number of anilines is 1. The Labute approximate surface area is 96.2 Å². The largest absolute Gasteiger partial charge is 0.497 e. The second-order valence-corrected chi connectivity index (χ2v) is 4.29. The highest BCUT2D eigenvalue weighted by atomic mass is 79.9. The molecule has 13 heavy (non-hydrogen) atoms. The number of rotatable bonds is 2. The summed E-state index contributed by atoms with van der Waals surface area (Å²) >= 11 is 12.2. The van der Waals surface area contributed by atoms with Crippen molar-refractivity contribution in [3.05, 3.63) is 22.7 Å². The van der Waals surface area contributed by atoms with Gasteiger partial charge in [0, 0.05) is 4.47 Å². The standard InChI is InChI=1S/C8H8BrNOS2/c1-11-5-2-3-7(6(9)4-5)10-8(12)13/h2-4H,1H3,(H2,10,12,13). The molecule has 1 aromatic rings. The lowest BCUT2D eigenvalue weighted by atomic mass is 10.3. The minimum absolute atomic E-state index is 0.436. The number of hydrogen-bond acceptors (Lipinski definition) is 2. The van der Waals surface area contributed by atoms with Crippen molar-refractivity contribution in [2.24, 2.45) is 0 Å². The van der Waals surface area contributed by atoms with Crippen LogP contribution in [0, 0.1) is 0 Å². The SMILES string of the molecule is COc1ccc(NC(=S)S)c(Br)c1. The minimum atomic E-state index is 0.436. The number of benzene rings is 1. The van der Waals surface area contributed by atoms with E-state index in [0.717, 1.165) is 15.9 Å². The zero-order valence-corrected chi connectivity index (χ0v) is 10.2. The van der Waals surface area contributed by atoms with E-state index in [0.29, 0.717) is 4.32 Å². The van der Waals surface area contributed by atoms with Crippen LogP contribution in [0.5, 0.6) is 5.75 Å². The average Bonchev–Trinajstić information content (AvgIpc) is 2.08. The number of thiocarbonyl (C=S) groups is 1. The van der Waals surface area contributed by atoms with E-state index in [1.807, 2.05) is 18.2 Å². The fraction of sp³-hybridized carbons (Fsp3) is 0.125. The minimum Gasteiger partial charge on any atom is -0.497 e. The summed E-state index contributed by atoms with van der Waals surface area (Å²) in [5.41, 5.74) is 0.876. The summed E-state index contributed by atoms with van der Waals surface area (Å²) in [4.78, 5) is 0. The maximum atomic E-state index is 5.05. The summed E-state index contributed by atoms with van der Waals surface area (Å²) in [6.45, 7) is 0. The first kappa shape index (κ1) is 10.8. The number of methoxy groups -OCH3 is 1. The fourth-order valence-electron chi connectivity index (χ4n) is 0.839. The number of ether oxygens (including phenoxy) is 1. The van der Waals surface area contributed by atoms with Crippen molar-refractivity contribution >= 4 is 50.8 Å². The summed E-state index contributed by atoms with van der Waals surface area (Å²) in [7, 11) is 1.62. The molecule has 0 heterocycles. The van der Waals surface area contributed by atoms with E-state index >= 15 is 0 Å². The molecule has 0 amide bonds. The highest BCUT2D eigenvalue weighted by Gasteiger charge is 2.01. The van der Waals surface area contributed by atoms with Gasteiger partial charge in [-0.25, -0.2) is 0 Å². The summed E-state index contributed by atoms with van der Waals surface area (Å²) in [6, 6.07) is 5.57. The van der Waals surface area contributed by atoms with Gasteiger partial charge >= 0.3 is 0 Å². The van der Waals surface area contributed by atoms with E-state index < -0.39 is 0 Å². The van der Waals surface area contributed by atoms with Crippen molar-refractivity contribution in [2.45, 2.75) is 0 Å². The molecule has 1 N–H and O–H groups in total. The van der Waals surface area contributed by atoms with E-state index in [2.05, 4.69) is 33.9 Å². The van der Waals surface area contributed by atoms with Gasteiger partial charge in [0.1, 0.15) is 10.1 Å². The number of halogens is 1. The molecule has 0 unspecified atom stereocenters. The molecule has 0 aliphatic rings. The number of thiol groups is 1. The summed E-state index contributed by atoms with van der Waals surface area (Å²) in [6.07, 6.45) is 0. The zero-order chi connectivity index (χ0) is 9.84. The van der Waals surface area contributed by atoms with Crippen LogP contribution in [0.15, 0.2) is 22.7 Å². The molecule has 70 valence electrons. The molecule has 0 aliphatic heterocycles. The highest BCUT2D eigenvalue weighted by molar-refractivity contribution is 9.10. The van der Waals surface area contributed by atoms with E-state index in [1.165, 1.54) is 0 Å². The molecule has 1 aromatic carbocycles. The fourth-order valence-corrected chi connectivity index (χ4v) is 1.53. The maximum Gasteiger partial charge on any atom is 0.135 e. The van der Waals surface area contributed by atoms with E-state index in [4.69, 9.17) is 17.0 Å². The predicted molar refractivity (Wildman–Crippen MR) is 65.9 cm³/mol. The second-order valence-electron chi connectivity index (χ2n) is 2.28. The Morgan fingerprint density at radius 2 is 2.31 bits per heavy atom. The Morgan fingerprint density at radius 3 is 2.77 bits per heavy atom. The van der Waals surface area contributed by atoms with Gasteiger partial charge < -0.3 is 10.1 Å². The third-order valence-corrected chi connectivity index (χ3v) is 2.29. The first-order valence-corrected chi connectivity index (χ1v) is 5.12. The molecule has 0 saturated heterocycles. The second kappa shape index (κ2) is 4.83. The normalized spacial score (nSPS) is 9.46. The van der Waals surface area contributed by atoms with Gasteiger partial charge in [0.15, 0.2) is 0 Å². The quantitative estimate of drug-likeness (QED) is 0.641.